The average molecular weight is 478 g/mol. The van der Waals surface area contributed by atoms with Gasteiger partial charge in [-0.2, -0.15) is 0 Å². The smallest absolute Gasteiger partial charge is 0.233 e. The lowest BCUT2D eigenvalue weighted by atomic mass is 9.91. The summed E-state index contributed by atoms with van der Waals surface area (Å²) in [6.07, 6.45) is 8.39. The van der Waals surface area contributed by atoms with Crippen molar-refractivity contribution in [1.82, 2.24) is 20.2 Å². The Balaban J connectivity index is 1.06. The molecule has 1 aliphatic carbocycles. The number of aryl methyl sites for hydroxylation is 1. The van der Waals surface area contributed by atoms with E-state index in [1.165, 1.54) is 38.0 Å². The van der Waals surface area contributed by atoms with Gasteiger partial charge in [0.1, 0.15) is 5.82 Å². The van der Waals surface area contributed by atoms with Crippen LogP contribution in [0.5, 0.6) is 5.88 Å². The maximum atomic E-state index is 14.6. The minimum Gasteiger partial charge on any atom is -0.480 e. The highest BCUT2D eigenvalue weighted by atomic mass is 19.1. The van der Waals surface area contributed by atoms with Gasteiger partial charge in [0.25, 0.3) is 0 Å². The van der Waals surface area contributed by atoms with Crippen LogP contribution < -0.4 is 9.64 Å². The molecule has 0 radical (unpaired) electrons. The van der Waals surface area contributed by atoms with Crippen molar-refractivity contribution in [2.24, 2.45) is 17.8 Å². The molecule has 35 heavy (non-hydrogen) atoms. The van der Waals surface area contributed by atoms with E-state index in [1.54, 1.807) is 18.2 Å². The molecule has 0 N–H and O–H groups in total. The molecule has 3 heterocycles. The van der Waals surface area contributed by atoms with Crippen molar-refractivity contribution in [3.63, 3.8) is 0 Å². The van der Waals surface area contributed by atoms with Gasteiger partial charge in [-0.15, -0.1) is 10.2 Å². The Labute approximate surface area is 205 Å². The number of methoxy groups -OCH3 is 1. The van der Waals surface area contributed by atoms with Gasteiger partial charge < -0.3 is 14.4 Å². The fourth-order valence-corrected chi connectivity index (χ4v) is 4.99. The number of ether oxygens (including phenoxy) is 2. The van der Waals surface area contributed by atoms with Gasteiger partial charge in [0.2, 0.25) is 11.8 Å². The number of rotatable bonds is 9. The number of anilines is 1. The number of nitrogens with zero attached hydrogens (tertiary/aromatic N) is 5. The zero-order chi connectivity index (χ0) is 24.2. The molecule has 3 aromatic rings. The van der Waals surface area contributed by atoms with Crippen molar-refractivity contribution < 1.29 is 13.9 Å². The van der Waals surface area contributed by atoms with Crippen LogP contribution in [0.4, 0.5) is 10.3 Å². The highest BCUT2D eigenvalue weighted by molar-refractivity contribution is 5.59. The molecule has 0 bridgehead atoms. The largest absolute Gasteiger partial charge is 0.480 e. The van der Waals surface area contributed by atoms with Crippen molar-refractivity contribution in [2.45, 2.75) is 39.2 Å². The maximum absolute atomic E-state index is 14.6. The van der Waals surface area contributed by atoms with Gasteiger partial charge in [0.15, 0.2) is 0 Å². The summed E-state index contributed by atoms with van der Waals surface area (Å²) >= 11 is 0. The van der Waals surface area contributed by atoms with Gasteiger partial charge in [-0.3, -0.25) is 0 Å². The minimum absolute atomic E-state index is 0.283. The highest BCUT2D eigenvalue weighted by Gasteiger charge is 2.43. The lowest BCUT2D eigenvalue weighted by Crippen LogP contribution is -2.35. The van der Waals surface area contributed by atoms with Crippen LogP contribution in [0.1, 0.15) is 37.3 Å². The third-order valence-electron chi connectivity index (χ3n) is 7.29. The van der Waals surface area contributed by atoms with Crippen LogP contribution >= 0.6 is 0 Å². The van der Waals surface area contributed by atoms with Gasteiger partial charge in [0.05, 0.1) is 26.0 Å². The Hall–Kier alpha value is -3.13. The van der Waals surface area contributed by atoms with Crippen molar-refractivity contribution in [1.29, 1.82) is 0 Å². The molecule has 5 rings (SSSR count). The third kappa shape index (κ3) is 5.59. The monoisotopic (exact) mass is 477 g/mol. The third-order valence-corrected chi connectivity index (χ3v) is 7.29. The molecule has 1 saturated heterocycles. The van der Waals surface area contributed by atoms with Crippen LogP contribution in [0.2, 0.25) is 0 Å². The predicted octanol–water partition coefficient (Wildman–Crippen LogP) is 4.71. The topological polar surface area (TPSA) is 73.3 Å². The Morgan fingerprint density at radius 2 is 1.86 bits per heavy atom. The quantitative estimate of drug-likeness (QED) is 0.442. The summed E-state index contributed by atoms with van der Waals surface area (Å²) in [5.41, 5.74) is 3.02. The van der Waals surface area contributed by atoms with Crippen molar-refractivity contribution in [3.8, 4) is 17.1 Å². The second-order valence-electron chi connectivity index (χ2n) is 9.51. The van der Waals surface area contributed by atoms with Gasteiger partial charge >= 0.3 is 0 Å². The molecule has 184 valence electrons. The van der Waals surface area contributed by atoms with E-state index in [4.69, 9.17) is 9.47 Å². The Bertz CT molecular complexity index is 1120. The number of hydrogen-bond acceptors (Lipinski definition) is 7. The number of hydrogen-bond donors (Lipinski definition) is 0. The number of halogens is 1. The van der Waals surface area contributed by atoms with Crippen molar-refractivity contribution in [2.75, 3.05) is 31.7 Å². The van der Waals surface area contributed by atoms with Crippen LogP contribution in [0.25, 0.3) is 11.3 Å². The van der Waals surface area contributed by atoms with Crippen LogP contribution in [0.15, 0.2) is 42.7 Å². The second kappa shape index (κ2) is 10.6. The molecule has 2 aromatic heterocycles. The van der Waals surface area contributed by atoms with E-state index in [9.17, 15) is 4.39 Å². The normalized spacial score (nSPS) is 20.1. The molecule has 2 atom stereocenters. The maximum Gasteiger partial charge on any atom is 0.233 e. The van der Waals surface area contributed by atoms with E-state index in [0.29, 0.717) is 35.2 Å². The molecule has 8 heteroatoms. The SMILES string of the molecule is CCc1cnc(N2CCC([C@H]3C[C@H]3COCc3ccc(-c4ccc(OC)nn4)cc3F)CC2)nc1. The molecule has 0 unspecified atom stereocenters. The number of aromatic nitrogens is 4. The van der Waals surface area contributed by atoms with Crippen LogP contribution in [0.3, 0.4) is 0 Å². The van der Waals surface area contributed by atoms with Crippen LogP contribution in [-0.2, 0) is 17.8 Å². The Morgan fingerprint density at radius 1 is 1.06 bits per heavy atom. The van der Waals surface area contributed by atoms with E-state index in [-0.39, 0.29) is 12.4 Å². The molecular formula is C27H32FN5O2. The number of benzene rings is 1. The molecule has 0 spiro atoms. The zero-order valence-electron chi connectivity index (χ0n) is 20.4. The van der Waals surface area contributed by atoms with Gasteiger partial charge in [0, 0.05) is 42.7 Å². The first-order valence-electron chi connectivity index (χ1n) is 12.4. The predicted molar refractivity (Wildman–Crippen MR) is 132 cm³/mol. The molecule has 1 saturated carbocycles. The summed E-state index contributed by atoms with van der Waals surface area (Å²) in [5, 5.41) is 8.03. The highest BCUT2D eigenvalue weighted by Crippen LogP contribution is 2.48. The first kappa shape index (κ1) is 23.6. The Kier molecular flexibility index (Phi) is 7.18. The van der Waals surface area contributed by atoms with E-state index in [0.717, 1.165) is 37.3 Å². The van der Waals surface area contributed by atoms with E-state index < -0.39 is 0 Å². The molecular weight excluding hydrogens is 445 g/mol. The summed E-state index contributed by atoms with van der Waals surface area (Å²) in [5.74, 6) is 3.04. The fraction of sp³-hybridized carbons (Fsp3) is 0.481. The second-order valence-corrected chi connectivity index (χ2v) is 9.51. The first-order chi connectivity index (χ1) is 17.1. The summed E-state index contributed by atoms with van der Waals surface area (Å²) < 4.78 is 25.6. The van der Waals surface area contributed by atoms with Crippen LogP contribution in [0, 0.1) is 23.6 Å². The molecule has 2 aliphatic rings. The van der Waals surface area contributed by atoms with Crippen LogP contribution in [-0.4, -0.2) is 47.0 Å². The molecule has 1 aliphatic heterocycles. The zero-order valence-corrected chi connectivity index (χ0v) is 20.4. The van der Waals surface area contributed by atoms with Gasteiger partial charge in [-0.1, -0.05) is 19.1 Å². The molecule has 2 fully saturated rings. The van der Waals surface area contributed by atoms with E-state index in [1.807, 2.05) is 18.5 Å². The Morgan fingerprint density at radius 3 is 2.51 bits per heavy atom. The molecule has 0 amide bonds. The van der Waals surface area contributed by atoms with E-state index >= 15 is 0 Å². The molecule has 7 nitrogen and oxygen atoms in total. The lowest BCUT2D eigenvalue weighted by molar-refractivity contribution is 0.102. The first-order valence-corrected chi connectivity index (χ1v) is 12.4. The van der Waals surface area contributed by atoms with E-state index in [2.05, 4.69) is 32.0 Å². The number of piperidine rings is 1. The fourth-order valence-electron chi connectivity index (χ4n) is 4.99. The summed E-state index contributed by atoms with van der Waals surface area (Å²) in [7, 11) is 1.54. The molecule has 1 aromatic carbocycles. The standard InChI is InChI=1S/C27H32FN5O2/c1-3-18-14-29-27(30-15-18)33-10-8-19(9-11-33)23-12-22(23)17-35-16-21-5-4-20(13-24(21)28)25-6-7-26(34-2)32-31-25/h4-7,13-15,19,22-23H,3,8-12,16-17H2,1-2H3/t22-,23+/m0/s1. The van der Waals surface area contributed by atoms with Crippen molar-refractivity contribution in [3.05, 3.63) is 59.7 Å². The summed E-state index contributed by atoms with van der Waals surface area (Å²) in [4.78, 5) is 11.4. The van der Waals surface area contributed by atoms with Crippen molar-refractivity contribution >= 4 is 5.95 Å². The van der Waals surface area contributed by atoms with Gasteiger partial charge in [-0.25, -0.2) is 14.4 Å². The summed E-state index contributed by atoms with van der Waals surface area (Å²) in [6, 6.07) is 8.59. The minimum atomic E-state index is -0.283. The van der Waals surface area contributed by atoms with Gasteiger partial charge in [-0.05, 0) is 61.1 Å². The summed E-state index contributed by atoms with van der Waals surface area (Å²) in [6.45, 7) is 5.11. The lowest BCUT2D eigenvalue weighted by Gasteiger charge is -2.32. The average Bonchev–Trinajstić information content (AvgIpc) is 3.69.